The van der Waals surface area contributed by atoms with Gasteiger partial charge in [0, 0.05) is 17.6 Å². The van der Waals surface area contributed by atoms with Gasteiger partial charge in [0.05, 0.1) is 17.0 Å². The van der Waals surface area contributed by atoms with Gasteiger partial charge in [-0.3, -0.25) is 9.59 Å². The topological polar surface area (TPSA) is 104 Å². The highest BCUT2D eigenvalue weighted by Crippen LogP contribution is 2.17. The van der Waals surface area contributed by atoms with Crippen molar-refractivity contribution < 1.29 is 18.0 Å². The molecule has 9 heteroatoms. The van der Waals surface area contributed by atoms with E-state index >= 15 is 0 Å². The van der Waals surface area contributed by atoms with E-state index in [1.165, 1.54) is 38.1 Å². The van der Waals surface area contributed by atoms with Crippen LogP contribution in [0.15, 0.2) is 53.4 Å². The van der Waals surface area contributed by atoms with Crippen LogP contribution in [0, 0.1) is 0 Å². The number of carbonyl (C=O) groups excluding carboxylic acids is 2. The second kappa shape index (κ2) is 9.18. The molecule has 0 bridgehead atoms. The van der Waals surface area contributed by atoms with E-state index in [0.717, 1.165) is 5.56 Å². The number of hydrogen-bond acceptors (Lipinski definition) is 4. The molecule has 0 aliphatic carbocycles. The van der Waals surface area contributed by atoms with Gasteiger partial charge in [-0.05, 0) is 55.8 Å². The van der Waals surface area contributed by atoms with Crippen LogP contribution in [0.5, 0.6) is 0 Å². The van der Waals surface area contributed by atoms with Gasteiger partial charge in [0.2, 0.25) is 21.8 Å². The number of anilines is 1. The molecule has 2 aromatic rings. The maximum atomic E-state index is 12.5. The average Bonchev–Trinajstić information content (AvgIpc) is 2.61. The summed E-state index contributed by atoms with van der Waals surface area (Å²) in [7, 11) is -3.90. The fourth-order valence-electron chi connectivity index (χ4n) is 2.45. The van der Waals surface area contributed by atoms with E-state index in [0.29, 0.717) is 10.7 Å². The van der Waals surface area contributed by atoms with Gasteiger partial charge < -0.3 is 10.6 Å². The van der Waals surface area contributed by atoms with Crippen LogP contribution in [-0.4, -0.2) is 26.3 Å². The summed E-state index contributed by atoms with van der Waals surface area (Å²) in [6, 6.07) is 11.4. The van der Waals surface area contributed by atoms with E-state index in [9.17, 15) is 18.0 Å². The van der Waals surface area contributed by atoms with E-state index in [1.54, 1.807) is 31.2 Å². The van der Waals surface area contributed by atoms with Gasteiger partial charge in [-0.1, -0.05) is 23.7 Å². The van der Waals surface area contributed by atoms with Crippen molar-refractivity contribution in [2.75, 3.05) is 5.32 Å². The van der Waals surface area contributed by atoms with Crippen LogP contribution in [0.25, 0.3) is 0 Å². The number of hydrogen-bond donors (Lipinski definition) is 3. The third-order valence-electron chi connectivity index (χ3n) is 3.94. The minimum Gasteiger partial charge on any atom is -0.348 e. The SMILES string of the molecule is CC(=O)Nc1ccc(S(=O)(=O)N[C@@H](C)C(=O)NC(C)c2ccc(Cl)cc2)cc1. The predicted octanol–water partition coefficient (Wildman–Crippen LogP) is 2.84. The lowest BCUT2D eigenvalue weighted by molar-refractivity contribution is -0.123. The highest BCUT2D eigenvalue weighted by molar-refractivity contribution is 7.89. The van der Waals surface area contributed by atoms with Crippen LogP contribution < -0.4 is 15.4 Å². The average molecular weight is 424 g/mol. The Morgan fingerprint density at radius 3 is 2.07 bits per heavy atom. The maximum absolute atomic E-state index is 12.5. The summed E-state index contributed by atoms with van der Waals surface area (Å²) >= 11 is 5.85. The first kappa shape index (κ1) is 21.9. The molecule has 0 aromatic heterocycles. The van der Waals surface area contributed by atoms with Crippen LogP contribution in [0.1, 0.15) is 32.4 Å². The van der Waals surface area contributed by atoms with Crippen LogP contribution in [0.4, 0.5) is 5.69 Å². The predicted molar refractivity (Wildman–Crippen MR) is 109 cm³/mol. The Morgan fingerprint density at radius 2 is 1.54 bits per heavy atom. The summed E-state index contributed by atoms with van der Waals surface area (Å²) in [6.07, 6.45) is 0. The van der Waals surface area contributed by atoms with Crippen LogP contribution in [0.3, 0.4) is 0 Å². The van der Waals surface area contributed by atoms with E-state index in [1.807, 2.05) is 0 Å². The molecular formula is C19H22ClN3O4S. The van der Waals surface area contributed by atoms with Gasteiger partial charge in [0.15, 0.2) is 0 Å². The summed E-state index contributed by atoms with van der Waals surface area (Å²) in [6.45, 7) is 4.62. The summed E-state index contributed by atoms with van der Waals surface area (Å²) < 4.78 is 27.3. The molecule has 7 nitrogen and oxygen atoms in total. The lowest BCUT2D eigenvalue weighted by atomic mass is 10.1. The fraction of sp³-hybridized carbons (Fsp3) is 0.263. The number of sulfonamides is 1. The van der Waals surface area contributed by atoms with Gasteiger partial charge in [-0.2, -0.15) is 4.72 Å². The minimum absolute atomic E-state index is 0.00741. The molecule has 2 amide bonds. The molecule has 0 saturated heterocycles. The molecular weight excluding hydrogens is 402 g/mol. The zero-order valence-corrected chi connectivity index (χ0v) is 17.3. The van der Waals surface area contributed by atoms with E-state index < -0.39 is 22.0 Å². The zero-order chi connectivity index (χ0) is 20.9. The van der Waals surface area contributed by atoms with Crippen molar-refractivity contribution in [2.24, 2.45) is 0 Å². The number of amides is 2. The Kier molecular flexibility index (Phi) is 7.17. The molecule has 2 rings (SSSR count). The normalized spacial score (nSPS) is 13.4. The second-order valence-corrected chi connectivity index (χ2v) is 8.48. The number of halogens is 1. The van der Waals surface area contributed by atoms with Gasteiger partial charge in [0.1, 0.15) is 0 Å². The Balaban J connectivity index is 2.01. The smallest absolute Gasteiger partial charge is 0.241 e. The largest absolute Gasteiger partial charge is 0.348 e. The van der Waals surface area contributed by atoms with Crippen LogP contribution in [-0.2, 0) is 19.6 Å². The summed E-state index contributed by atoms with van der Waals surface area (Å²) in [5.41, 5.74) is 1.33. The van der Waals surface area contributed by atoms with Gasteiger partial charge in [-0.25, -0.2) is 8.42 Å². The molecule has 0 aliphatic heterocycles. The van der Waals surface area contributed by atoms with E-state index in [-0.39, 0.29) is 16.8 Å². The Labute approximate surface area is 169 Å². The first-order chi connectivity index (χ1) is 13.1. The minimum atomic E-state index is -3.90. The van der Waals surface area contributed by atoms with Crippen LogP contribution >= 0.6 is 11.6 Å². The van der Waals surface area contributed by atoms with Crippen LogP contribution in [0.2, 0.25) is 5.02 Å². The second-order valence-electron chi connectivity index (χ2n) is 6.33. The molecule has 0 saturated carbocycles. The van der Waals surface area contributed by atoms with Crippen molar-refractivity contribution in [3.05, 3.63) is 59.1 Å². The summed E-state index contributed by atoms with van der Waals surface area (Å²) in [4.78, 5) is 23.4. The van der Waals surface area contributed by atoms with Crippen molar-refractivity contribution in [3.8, 4) is 0 Å². The first-order valence-corrected chi connectivity index (χ1v) is 10.4. The van der Waals surface area contributed by atoms with Crippen molar-refractivity contribution in [1.82, 2.24) is 10.0 Å². The molecule has 2 atom stereocenters. The van der Waals surface area contributed by atoms with Crippen molar-refractivity contribution in [1.29, 1.82) is 0 Å². The molecule has 3 N–H and O–H groups in total. The Morgan fingerprint density at radius 1 is 0.964 bits per heavy atom. The lowest BCUT2D eigenvalue weighted by Gasteiger charge is -2.19. The molecule has 0 fully saturated rings. The van der Waals surface area contributed by atoms with Crippen molar-refractivity contribution >= 4 is 39.1 Å². The van der Waals surface area contributed by atoms with E-state index in [4.69, 9.17) is 11.6 Å². The maximum Gasteiger partial charge on any atom is 0.241 e. The molecule has 0 heterocycles. The fourth-order valence-corrected chi connectivity index (χ4v) is 3.78. The third kappa shape index (κ3) is 6.05. The molecule has 150 valence electrons. The lowest BCUT2D eigenvalue weighted by Crippen LogP contribution is -2.45. The number of benzene rings is 2. The number of rotatable bonds is 7. The highest BCUT2D eigenvalue weighted by atomic mass is 35.5. The summed E-state index contributed by atoms with van der Waals surface area (Å²) in [5.74, 6) is -0.713. The number of nitrogens with one attached hydrogen (secondary N) is 3. The molecule has 2 aromatic carbocycles. The summed E-state index contributed by atoms with van der Waals surface area (Å²) in [5, 5.41) is 5.91. The van der Waals surface area contributed by atoms with Gasteiger partial charge >= 0.3 is 0 Å². The monoisotopic (exact) mass is 423 g/mol. The standard InChI is InChI=1S/C19H22ClN3O4S/c1-12(15-4-6-16(20)7-5-15)21-19(25)13(2)23-28(26,27)18-10-8-17(9-11-18)22-14(3)24/h4-13,23H,1-3H3,(H,21,25)(H,22,24)/t12?,13-/m0/s1. The zero-order valence-electron chi connectivity index (χ0n) is 15.7. The molecule has 0 spiro atoms. The van der Waals surface area contributed by atoms with Crippen molar-refractivity contribution in [2.45, 2.75) is 37.8 Å². The quantitative estimate of drug-likeness (QED) is 0.636. The molecule has 28 heavy (non-hydrogen) atoms. The number of carbonyl (C=O) groups is 2. The Bertz CT molecular complexity index is 944. The van der Waals surface area contributed by atoms with E-state index in [2.05, 4.69) is 15.4 Å². The first-order valence-electron chi connectivity index (χ1n) is 8.54. The molecule has 0 aliphatic rings. The molecule has 1 unspecified atom stereocenters. The highest BCUT2D eigenvalue weighted by Gasteiger charge is 2.23. The third-order valence-corrected chi connectivity index (χ3v) is 5.75. The Hall–Kier alpha value is -2.42. The van der Waals surface area contributed by atoms with Gasteiger partial charge in [0.25, 0.3) is 0 Å². The van der Waals surface area contributed by atoms with Gasteiger partial charge in [-0.15, -0.1) is 0 Å². The molecule has 0 radical (unpaired) electrons. The van der Waals surface area contributed by atoms with Crippen molar-refractivity contribution in [3.63, 3.8) is 0 Å².